The summed E-state index contributed by atoms with van der Waals surface area (Å²) in [4.78, 5) is 16.4. The van der Waals surface area contributed by atoms with Crippen LogP contribution in [0.3, 0.4) is 0 Å². The quantitative estimate of drug-likeness (QED) is 0.882. The molecule has 106 valence electrons. The van der Waals surface area contributed by atoms with Crippen molar-refractivity contribution >= 4 is 17.5 Å². The third-order valence-electron chi connectivity index (χ3n) is 2.55. The van der Waals surface area contributed by atoms with Crippen LogP contribution in [0.15, 0.2) is 18.3 Å². The van der Waals surface area contributed by atoms with Gasteiger partial charge in [0.15, 0.2) is 0 Å². The van der Waals surface area contributed by atoms with Gasteiger partial charge in [0.05, 0.1) is 18.8 Å². The average Bonchev–Trinajstić information content (AvgIpc) is 2.44. The Bertz CT molecular complexity index is 578. The van der Waals surface area contributed by atoms with Crippen molar-refractivity contribution in [1.29, 1.82) is 0 Å². The summed E-state index contributed by atoms with van der Waals surface area (Å²) in [6.07, 6.45) is 2.62. The van der Waals surface area contributed by atoms with E-state index in [-0.39, 0.29) is 11.3 Å². The fourth-order valence-corrected chi connectivity index (χ4v) is 1.69. The van der Waals surface area contributed by atoms with Crippen LogP contribution in [0.25, 0.3) is 0 Å². The second-order valence-electron chi connectivity index (χ2n) is 4.18. The summed E-state index contributed by atoms with van der Waals surface area (Å²) in [6, 6.07) is 4.13. The van der Waals surface area contributed by atoms with E-state index in [0.29, 0.717) is 19.1 Å². The number of aryl methyl sites for hydroxylation is 1. The zero-order valence-corrected chi connectivity index (χ0v) is 12.2. The number of aromatic nitrogens is 4. The Balaban J connectivity index is 2.05. The fraction of sp³-hybridized carbons (Fsp3) is 0.385. The molecule has 6 nitrogen and oxygen atoms in total. The first-order valence-electron chi connectivity index (χ1n) is 6.37. The van der Waals surface area contributed by atoms with Crippen molar-refractivity contribution < 1.29 is 4.74 Å². The number of hydrogen-bond acceptors (Lipinski definition) is 6. The topological polar surface area (TPSA) is 72.8 Å². The number of hydrogen-bond donors (Lipinski definition) is 1. The largest absolute Gasteiger partial charge is 0.463 e. The molecule has 0 bridgehead atoms. The summed E-state index contributed by atoms with van der Waals surface area (Å²) in [5, 5.41) is 3.17. The van der Waals surface area contributed by atoms with Crippen molar-refractivity contribution in [3.8, 4) is 6.01 Å². The van der Waals surface area contributed by atoms with Crippen molar-refractivity contribution in [3.63, 3.8) is 0 Å². The Kier molecular flexibility index (Phi) is 5.06. The van der Waals surface area contributed by atoms with E-state index in [4.69, 9.17) is 16.3 Å². The van der Waals surface area contributed by atoms with Crippen LogP contribution in [0.4, 0.5) is 5.95 Å². The molecule has 0 unspecified atom stereocenters. The number of nitrogens with zero attached hydrogens (tertiary/aromatic N) is 4. The zero-order chi connectivity index (χ0) is 14.4. The van der Waals surface area contributed by atoms with E-state index in [9.17, 15) is 0 Å². The van der Waals surface area contributed by atoms with Crippen molar-refractivity contribution in [3.05, 3.63) is 34.9 Å². The Hall–Kier alpha value is -1.95. The third-order valence-corrected chi connectivity index (χ3v) is 2.72. The monoisotopic (exact) mass is 293 g/mol. The highest BCUT2D eigenvalue weighted by Crippen LogP contribution is 2.13. The van der Waals surface area contributed by atoms with E-state index in [2.05, 4.69) is 25.3 Å². The highest BCUT2D eigenvalue weighted by atomic mass is 35.5. The fourth-order valence-electron chi connectivity index (χ4n) is 1.54. The predicted molar refractivity (Wildman–Crippen MR) is 76.9 cm³/mol. The minimum absolute atomic E-state index is 0.103. The van der Waals surface area contributed by atoms with Crippen LogP contribution >= 0.6 is 11.6 Å². The van der Waals surface area contributed by atoms with E-state index in [1.165, 1.54) is 0 Å². The summed E-state index contributed by atoms with van der Waals surface area (Å²) in [5.41, 5.74) is 2.03. The normalized spacial score (nSPS) is 10.3. The Labute approximate surface area is 122 Å². The Morgan fingerprint density at radius 2 is 2.15 bits per heavy atom. The molecule has 0 aliphatic carbocycles. The van der Waals surface area contributed by atoms with Crippen LogP contribution < -0.4 is 10.1 Å². The lowest BCUT2D eigenvalue weighted by molar-refractivity contribution is 0.291. The highest BCUT2D eigenvalue weighted by molar-refractivity contribution is 6.28. The van der Waals surface area contributed by atoms with Crippen molar-refractivity contribution in [2.45, 2.75) is 26.8 Å². The van der Waals surface area contributed by atoms with E-state index < -0.39 is 0 Å². The molecule has 7 heteroatoms. The molecular formula is C13H16ClN5O. The smallest absolute Gasteiger partial charge is 0.322 e. The summed E-state index contributed by atoms with van der Waals surface area (Å²) in [7, 11) is 0. The maximum Gasteiger partial charge on any atom is 0.322 e. The molecule has 0 aromatic carbocycles. The lowest BCUT2D eigenvalue weighted by Crippen LogP contribution is -2.09. The van der Waals surface area contributed by atoms with Gasteiger partial charge in [0.25, 0.3) is 0 Å². The molecule has 0 saturated carbocycles. The van der Waals surface area contributed by atoms with Crippen LogP contribution in [0.5, 0.6) is 6.01 Å². The van der Waals surface area contributed by atoms with Crippen molar-refractivity contribution in [2.24, 2.45) is 0 Å². The maximum atomic E-state index is 5.84. The van der Waals surface area contributed by atoms with Gasteiger partial charge < -0.3 is 10.1 Å². The van der Waals surface area contributed by atoms with Gasteiger partial charge in [-0.25, -0.2) is 0 Å². The van der Waals surface area contributed by atoms with Gasteiger partial charge >= 0.3 is 6.01 Å². The second kappa shape index (κ2) is 7.00. The molecule has 2 heterocycles. The van der Waals surface area contributed by atoms with Gasteiger partial charge in [-0.05, 0) is 36.6 Å². The molecule has 0 radical (unpaired) electrons. The molecule has 0 amide bonds. The van der Waals surface area contributed by atoms with E-state index in [0.717, 1.165) is 17.7 Å². The molecule has 20 heavy (non-hydrogen) atoms. The van der Waals surface area contributed by atoms with Crippen LogP contribution in [0, 0.1) is 6.92 Å². The zero-order valence-electron chi connectivity index (χ0n) is 11.4. The van der Waals surface area contributed by atoms with Gasteiger partial charge in [-0.15, -0.1) is 0 Å². The first-order chi connectivity index (χ1) is 9.69. The minimum Gasteiger partial charge on any atom is -0.463 e. The van der Waals surface area contributed by atoms with Gasteiger partial charge in [-0.3, -0.25) is 4.98 Å². The second-order valence-corrected chi connectivity index (χ2v) is 4.52. The van der Waals surface area contributed by atoms with Gasteiger partial charge in [-0.1, -0.05) is 13.0 Å². The van der Waals surface area contributed by atoms with Gasteiger partial charge in [-0.2, -0.15) is 15.0 Å². The first-order valence-corrected chi connectivity index (χ1v) is 6.75. The molecule has 0 aliphatic rings. The van der Waals surface area contributed by atoms with Crippen LogP contribution in [-0.2, 0) is 6.54 Å². The summed E-state index contributed by atoms with van der Waals surface area (Å²) in [6.45, 7) is 5.06. The van der Waals surface area contributed by atoms with Crippen molar-refractivity contribution in [1.82, 2.24) is 19.9 Å². The van der Waals surface area contributed by atoms with E-state index in [1.807, 2.05) is 26.0 Å². The average molecular weight is 294 g/mol. The standard InChI is InChI=1S/C13H16ClN5O/c1-3-7-20-13-18-11(14)17-12(19-13)16-8-10-9(2)5-4-6-15-10/h4-6H,3,7-8H2,1-2H3,(H,16,17,18,19). The third kappa shape index (κ3) is 4.03. The predicted octanol–water partition coefficient (Wildman–Crippen LogP) is 2.63. The highest BCUT2D eigenvalue weighted by Gasteiger charge is 2.06. The number of pyridine rings is 1. The van der Waals surface area contributed by atoms with Gasteiger partial charge in [0.1, 0.15) is 0 Å². The molecule has 0 fully saturated rings. The molecule has 0 spiro atoms. The number of rotatable bonds is 6. The van der Waals surface area contributed by atoms with Gasteiger partial charge in [0, 0.05) is 6.20 Å². The van der Waals surface area contributed by atoms with Crippen molar-refractivity contribution in [2.75, 3.05) is 11.9 Å². The Morgan fingerprint density at radius 1 is 1.30 bits per heavy atom. The molecule has 2 aromatic rings. The Morgan fingerprint density at radius 3 is 2.90 bits per heavy atom. The first kappa shape index (κ1) is 14.5. The molecule has 0 aliphatic heterocycles. The summed E-state index contributed by atoms with van der Waals surface area (Å²) < 4.78 is 5.35. The number of anilines is 1. The van der Waals surface area contributed by atoms with Crippen LogP contribution in [0.1, 0.15) is 24.6 Å². The molecule has 0 atom stereocenters. The van der Waals surface area contributed by atoms with E-state index >= 15 is 0 Å². The van der Waals surface area contributed by atoms with Gasteiger partial charge in [0.2, 0.25) is 11.2 Å². The lowest BCUT2D eigenvalue weighted by atomic mass is 10.2. The number of halogens is 1. The minimum atomic E-state index is 0.103. The molecule has 0 saturated heterocycles. The number of nitrogens with one attached hydrogen (secondary N) is 1. The molecular weight excluding hydrogens is 278 g/mol. The molecule has 2 aromatic heterocycles. The summed E-state index contributed by atoms with van der Waals surface area (Å²) >= 11 is 5.84. The maximum absolute atomic E-state index is 5.84. The molecule has 2 rings (SSSR count). The number of ether oxygens (including phenoxy) is 1. The summed E-state index contributed by atoms with van der Waals surface area (Å²) in [5.74, 6) is 0.376. The lowest BCUT2D eigenvalue weighted by Gasteiger charge is -2.08. The molecule has 1 N–H and O–H groups in total. The van der Waals surface area contributed by atoms with Crippen LogP contribution in [-0.4, -0.2) is 26.5 Å². The SMILES string of the molecule is CCCOc1nc(Cl)nc(NCc2ncccc2C)n1. The van der Waals surface area contributed by atoms with E-state index in [1.54, 1.807) is 6.20 Å². The van der Waals surface area contributed by atoms with Crippen LogP contribution in [0.2, 0.25) is 5.28 Å².